The number of aliphatic carboxylic acids is 1. The highest BCUT2D eigenvalue weighted by Crippen LogP contribution is 2.20. The molecule has 0 radical (unpaired) electrons. The van der Waals surface area contributed by atoms with Gasteiger partial charge in [-0.2, -0.15) is 13.2 Å². The lowest BCUT2D eigenvalue weighted by molar-refractivity contribution is -0.153. The third-order valence-corrected chi connectivity index (χ3v) is 2.52. The van der Waals surface area contributed by atoms with Crippen LogP contribution in [-0.4, -0.2) is 48.4 Å². The fourth-order valence-corrected chi connectivity index (χ4v) is 1.38. The van der Waals surface area contributed by atoms with E-state index in [2.05, 4.69) is 10.1 Å². The zero-order valence-corrected chi connectivity index (χ0v) is 11.7. The van der Waals surface area contributed by atoms with Crippen molar-refractivity contribution in [3.63, 3.8) is 0 Å². The average Bonchev–Trinajstić information content (AvgIpc) is 2.43. The van der Waals surface area contributed by atoms with Crippen molar-refractivity contribution in [3.8, 4) is 5.75 Å². The predicted octanol–water partition coefficient (Wildman–Crippen LogP) is 2.57. The Morgan fingerprint density at radius 2 is 1.86 bits per heavy atom. The smallest absolute Gasteiger partial charge is 0.422 e. The van der Waals surface area contributed by atoms with E-state index < -0.39 is 24.8 Å². The van der Waals surface area contributed by atoms with E-state index in [1.54, 1.807) is 0 Å². The van der Waals surface area contributed by atoms with Crippen molar-refractivity contribution in [2.75, 3.05) is 25.5 Å². The van der Waals surface area contributed by atoms with Crippen LogP contribution in [0.25, 0.3) is 0 Å². The van der Waals surface area contributed by atoms with Crippen LogP contribution >= 0.6 is 0 Å². The van der Waals surface area contributed by atoms with Gasteiger partial charge in [0.2, 0.25) is 0 Å². The molecule has 0 unspecified atom stereocenters. The molecule has 0 aliphatic heterocycles. The highest BCUT2D eigenvalue weighted by molar-refractivity contribution is 5.89. The maximum atomic E-state index is 12.0. The molecule has 0 atom stereocenters. The Hall–Kier alpha value is -2.45. The Labute approximate surface area is 124 Å². The Kier molecular flexibility index (Phi) is 6.02. The molecule has 6 nitrogen and oxygen atoms in total. The minimum Gasteiger partial charge on any atom is -0.484 e. The van der Waals surface area contributed by atoms with Crippen molar-refractivity contribution in [1.82, 2.24) is 4.90 Å². The molecule has 0 bridgehead atoms. The number of halogens is 3. The fourth-order valence-electron chi connectivity index (χ4n) is 1.38. The molecular formula is C13H15F3N2O4. The van der Waals surface area contributed by atoms with Crippen molar-refractivity contribution < 1.29 is 32.6 Å². The summed E-state index contributed by atoms with van der Waals surface area (Å²) < 4.78 is 40.5. The molecule has 1 aromatic carbocycles. The summed E-state index contributed by atoms with van der Waals surface area (Å²) in [4.78, 5) is 23.3. The summed E-state index contributed by atoms with van der Waals surface area (Å²) in [6.07, 6.45) is -4.60. The second-order valence-corrected chi connectivity index (χ2v) is 4.42. The van der Waals surface area contributed by atoms with E-state index in [0.717, 1.165) is 0 Å². The van der Waals surface area contributed by atoms with E-state index in [1.165, 1.54) is 36.2 Å². The third kappa shape index (κ3) is 6.82. The van der Waals surface area contributed by atoms with Crippen LogP contribution in [0.15, 0.2) is 24.3 Å². The van der Waals surface area contributed by atoms with Gasteiger partial charge in [0.1, 0.15) is 5.75 Å². The summed E-state index contributed by atoms with van der Waals surface area (Å²) >= 11 is 0. The van der Waals surface area contributed by atoms with Crippen LogP contribution in [0.4, 0.5) is 23.7 Å². The van der Waals surface area contributed by atoms with E-state index in [-0.39, 0.29) is 18.7 Å². The number of carbonyl (C=O) groups excluding carboxylic acids is 1. The predicted molar refractivity (Wildman–Crippen MR) is 71.9 cm³/mol. The van der Waals surface area contributed by atoms with Crippen molar-refractivity contribution >= 4 is 17.7 Å². The van der Waals surface area contributed by atoms with Gasteiger partial charge in [-0.05, 0) is 24.3 Å². The van der Waals surface area contributed by atoms with Crippen molar-refractivity contribution in [3.05, 3.63) is 24.3 Å². The number of nitrogens with zero attached hydrogens (tertiary/aromatic N) is 1. The largest absolute Gasteiger partial charge is 0.484 e. The maximum Gasteiger partial charge on any atom is 0.422 e. The Morgan fingerprint density at radius 1 is 1.27 bits per heavy atom. The second kappa shape index (κ2) is 7.53. The number of carboxylic acid groups (broad SMARTS) is 1. The van der Waals surface area contributed by atoms with E-state index in [9.17, 15) is 22.8 Å². The summed E-state index contributed by atoms with van der Waals surface area (Å²) in [7, 11) is 1.43. The van der Waals surface area contributed by atoms with Gasteiger partial charge in [0, 0.05) is 19.3 Å². The molecule has 9 heteroatoms. The highest BCUT2D eigenvalue weighted by atomic mass is 19.4. The number of carboxylic acids is 1. The first kappa shape index (κ1) is 17.6. The van der Waals surface area contributed by atoms with E-state index >= 15 is 0 Å². The number of rotatable bonds is 6. The first-order valence-corrected chi connectivity index (χ1v) is 6.21. The molecule has 0 saturated heterocycles. The molecule has 2 amide bonds. The van der Waals surface area contributed by atoms with Crippen molar-refractivity contribution in [2.45, 2.75) is 12.6 Å². The fraction of sp³-hybridized carbons (Fsp3) is 0.385. The number of ether oxygens (including phenoxy) is 1. The lowest BCUT2D eigenvalue weighted by Gasteiger charge is -2.17. The quantitative estimate of drug-likeness (QED) is 0.844. The molecule has 0 fully saturated rings. The lowest BCUT2D eigenvalue weighted by atomic mass is 10.3. The second-order valence-electron chi connectivity index (χ2n) is 4.42. The number of alkyl halides is 3. The molecule has 122 valence electrons. The van der Waals surface area contributed by atoms with Gasteiger partial charge in [0.05, 0.1) is 6.42 Å². The highest BCUT2D eigenvalue weighted by Gasteiger charge is 2.28. The summed E-state index contributed by atoms with van der Waals surface area (Å²) in [5.41, 5.74) is 0.353. The van der Waals surface area contributed by atoms with Crippen molar-refractivity contribution in [1.29, 1.82) is 0 Å². The number of benzene rings is 1. The van der Waals surface area contributed by atoms with E-state index in [0.29, 0.717) is 5.69 Å². The molecule has 22 heavy (non-hydrogen) atoms. The minimum atomic E-state index is -4.42. The van der Waals surface area contributed by atoms with Crippen LogP contribution in [0.3, 0.4) is 0 Å². The molecule has 0 saturated carbocycles. The average molecular weight is 320 g/mol. The minimum absolute atomic E-state index is 0.0227. The van der Waals surface area contributed by atoms with Crippen molar-refractivity contribution in [2.24, 2.45) is 0 Å². The van der Waals surface area contributed by atoms with Gasteiger partial charge in [-0.3, -0.25) is 4.79 Å². The maximum absolute atomic E-state index is 12.0. The number of nitrogens with one attached hydrogen (secondary N) is 1. The first-order chi connectivity index (χ1) is 10.2. The Balaban J connectivity index is 2.49. The molecule has 1 aromatic rings. The molecule has 1 rings (SSSR count). The number of hydrogen-bond donors (Lipinski definition) is 2. The van der Waals surface area contributed by atoms with Crippen LogP contribution in [0.1, 0.15) is 6.42 Å². The number of urea groups is 1. The zero-order valence-electron chi connectivity index (χ0n) is 11.7. The van der Waals surface area contributed by atoms with Crippen LogP contribution < -0.4 is 10.1 Å². The first-order valence-electron chi connectivity index (χ1n) is 6.21. The van der Waals surface area contributed by atoms with Gasteiger partial charge in [0.15, 0.2) is 6.61 Å². The Morgan fingerprint density at radius 3 is 2.36 bits per heavy atom. The van der Waals surface area contributed by atoms with Gasteiger partial charge in [-0.1, -0.05) is 0 Å². The number of hydrogen-bond acceptors (Lipinski definition) is 3. The summed E-state index contributed by atoms with van der Waals surface area (Å²) in [6.45, 7) is -1.36. The van der Waals surface area contributed by atoms with Gasteiger partial charge < -0.3 is 20.1 Å². The molecule has 0 aliphatic rings. The summed E-state index contributed by atoms with van der Waals surface area (Å²) in [5, 5.41) is 11.0. The summed E-state index contributed by atoms with van der Waals surface area (Å²) in [6, 6.07) is 4.82. The van der Waals surface area contributed by atoms with E-state index in [1.807, 2.05) is 0 Å². The zero-order chi connectivity index (χ0) is 16.8. The van der Waals surface area contributed by atoms with Crippen LogP contribution in [0.2, 0.25) is 0 Å². The topological polar surface area (TPSA) is 78.9 Å². The lowest BCUT2D eigenvalue weighted by Crippen LogP contribution is -2.33. The molecule has 0 aromatic heterocycles. The standard InChI is InChI=1S/C13H15F3N2O4/c1-18(7-6-11(19)20)12(21)17-9-2-4-10(5-3-9)22-8-13(14,15)16/h2-5H,6-8H2,1H3,(H,17,21)(H,19,20). The van der Waals surface area contributed by atoms with Gasteiger partial charge in [-0.15, -0.1) is 0 Å². The molecule has 0 spiro atoms. The van der Waals surface area contributed by atoms with Crippen LogP contribution in [-0.2, 0) is 4.79 Å². The number of amides is 2. The summed E-state index contributed by atoms with van der Waals surface area (Å²) in [5.74, 6) is -1.000. The molecular weight excluding hydrogens is 305 g/mol. The van der Waals surface area contributed by atoms with Gasteiger partial charge in [-0.25, -0.2) is 4.79 Å². The van der Waals surface area contributed by atoms with Gasteiger partial charge >= 0.3 is 18.2 Å². The van der Waals surface area contributed by atoms with E-state index in [4.69, 9.17) is 5.11 Å². The number of anilines is 1. The SMILES string of the molecule is CN(CCC(=O)O)C(=O)Nc1ccc(OCC(F)(F)F)cc1. The monoisotopic (exact) mass is 320 g/mol. The van der Waals surface area contributed by atoms with Crippen LogP contribution in [0.5, 0.6) is 5.75 Å². The molecule has 0 aliphatic carbocycles. The normalized spacial score (nSPS) is 10.9. The van der Waals surface area contributed by atoms with Gasteiger partial charge in [0.25, 0.3) is 0 Å². The molecule has 0 heterocycles. The molecule has 2 N–H and O–H groups in total. The number of carbonyl (C=O) groups is 2. The Bertz CT molecular complexity index is 517. The van der Waals surface area contributed by atoms with Crippen LogP contribution in [0, 0.1) is 0 Å². The third-order valence-electron chi connectivity index (χ3n) is 2.52.